The minimum atomic E-state index is 0.353. The van der Waals surface area contributed by atoms with E-state index in [0.29, 0.717) is 12.6 Å². The van der Waals surface area contributed by atoms with Crippen LogP contribution in [0.25, 0.3) is 0 Å². The smallest absolute Gasteiger partial charge is 0.0713 e. The van der Waals surface area contributed by atoms with Crippen molar-refractivity contribution in [1.29, 1.82) is 0 Å². The van der Waals surface area contributed by atoms with E-state index in [-0.39, 0.29) is 0 Å². The van der Waals surface area contributed by atoms with E-state index in [1.807, 2.05) is 0 Å². The van der Waals surface area contributed by atoms with Crippen LogP contribution in [-0.2, 0) is 17.9 Å². The van der Waals surface area contributed by atoms with Crippen molar-refractivity contribution < 1.29 is 4.74 Å². The lowest BCUT2D eigenvalue weighted by Gasteiger charge is -2.30. The van der Waals surface area contributed by atoms with Gasteiger partial charge in [-0.3, -0.25) is 4.90 Å². The normalized spacial score (nSPS) is 21.6. The Bertz CT molecular complexity index is 354. The van der Waals surface area contributed by atoms with E-state index in [0.717, 1.165) is 13.1 Å². The van der Waals surface area contributed by atoms with Crippen LogP contribution in [0.15, 0.2) is 24.3 Å². The van der Waals surface area contributed by atoms with Gasteiger partial charge in [0.25, 0.3) is 0 Å². The average Bonchev–Trinajstić information content (AvgIpc) is 2.30. The molecule has 1 aliphatic rings. The Balaban J connectivity index is 1.95. The molecule has 1 heterocycles. The first-order valence-corrected chi connectivity index (χ1v) is 6.32. The van der Waals surface area contributed by atoms with Crippen molar-refractivity contribution in [3.63, 3.8) is 0 Å². The molecular weight excluding hydrogens is 212 g/mol. The Morgan fingerprint density at radius 1 is 1.41 bits per heavy atom. The molecule has 0 saturated carbocycles. The summed E-state index contributed by atoms with van der Waals surface area (Å²) in [7, 11) is 1.73. The molecule has 1 aromatic rings. The number of likely N-dealkylation sites (tertiary alicyclic amines) is 1. The number of rotatable bonds is 4. The minimum Gasteiger partial charge on any atom is -0.380 e. The Hall–Kier alpha value is -0.900. The van der Waals surface area contributed by atoms with E-state index in [2.05, 4.69) is 29.2 Å². The molecule has 1 atom stereocenters. The van der Waals surface area contributed by atoms with Gasteiger partial charge in [0, 0.05) is 26.2 Å². The lowest BCUT2D eigenvalue weighted by Crippen LogP contribution is -2.42. The zero-order chi connectivity index (χ0) is 12.1. The second-order valence-electron chi connectivity index (χ2n) is 4.89. The zero-order valence-electron chi connectivity index (χ0n) is 10.6. The van der Waals surface area contributed by atoms with Gasteiger partial charge in [0.15, 0.2) is 0 Å². The minimum absolute atomic E-state index is 0.353. The Labute approximate surface area is 104 Å². The summed E-state index contributed by atoms with van der Waals surface area (Å²) < 4.78 is 5.16. The highest BCUT2D eigenvalue weighted by Gasteiger charge is 2.16. The van der Waals surface area contributed by atoms with Gasteiger partial charge < -0.3 is 10.5 Å². The molecule has 1 fully saturated rings. The maximum absolute atomic E-state index is 5.99. The zero-order valence-corrected chi connectivity index (χ0v) is 10.6. The molecular formula is C14H22N2O. The van der Waals surface area contributed by atoms with Gasteiger partial charge in [-0.2, -0.15) is 0 Å². The van der Waals surface area contributed by atoms with E-state index in [1.54, 1.807) is 7.11 Å². The number of hydrogen-bond acceptors (Lipinski definition) is 3. The number of hydrogen-bond donors (Lipinski definition) is 1. The summed E-state index contributed by atoms with van der Waals surface area (Å²) in [5.41, 5.74) is 8.59. The first-order chi connectivity index (χ1) is 8.28. The molecule has 0 spiro atoms. The lowest BCUT2D eigenvalue weighted by atomic mass is 10.1. The highest BCUT2D eigenvalue weighted by Crippen LogP contribution is 2.14. The largest absolute Gasteiger partial charge is 0.380 e. The van der Waals surface area contributed by atoms with Crippen molar-refractivity contribution >= 4 is 0 Å². The van der Waals surface area contributed by atoms with Crippen molar-refractivity contribution in [2.45, 2.75) is 32.0 Å². The van der Waals surface area contributed by atoms with Crippen molar-refractivity contribution in [3.05, 3.63) is 35.4 Å². The average molecular weight is 234 g/mol. The van der Waals surface area contributed by atoms with Crippen LogP contribution in [0.4, 0.5) is 0 Å². The first-order valence-electron chi connectivity index (χ1n) is 6.32. The van der Waals surface area contributed by atoms with Crippen LogP contribution < -0.4 is 5.73 Å². The molecule has 94 valence electrons. The van der Waals surface area contributed by atoms with E-state index >= 15 is 0 Å². The summed E-state index contributed by atoms with van der Waals surface area (Å²) in [4.78, 5) is 2.44. The van der Waals surface area contributed by atoms with E-state index in [4.69, 9.17) is 10.5 Å². The molecule has 0 amide bonds. The van der Waals surface area contributed by atoms with Gasteiger partial charge in [-0.1, -0.05) is 24.3 Å². The van der Waals surface area contributed by atoms with E-state index in [9.17, 15) is 0 Å². The van der Waals surface area contributed by atoms with Crippen LogP contribution in [0.1, 0.15) is 24.0 Å². The van der Waals surface area contributed by atoms with Gasteiger partial charge in [0.05, 0.1) is 6.61 Å². The Morgan fingerprint density at radius 3 is 3.00 bits per heavy atom. The molecule has 0 radical (unpaired) electrons. The lowest BCUT2D eigenvalue weighted by molar-refractivity contribution is 0.184. The standard InChI is InChI=1S/C14H22N2O/c1-17-11-13-5-2-4-12(8-13)9-16-7-3-6-14(15)10-16/h2,4-5,8,14H,3,6-7,9-11,15H2,1H3. The molecule has 0 bridgehead atoms. The summed E-state index contributed by atoms with van der Waals surface area (Å²) >= 11 is 0. The monoisotopic (exact) mass is 234 g/mol. The molecule has 3 heteroatoms. The van der Waals surface area contributed by atoms with Crippen molar-refractivity contribution in [2.75, 3.05) is 20.2 Å². The Kier molecular flexibility index (Phi) is 4.54. The summed E-state index contributed by atoms with van der Waals surface area (Å²) in [5.74, 6) is 0. The second kappa shape index (κ2) is 6.15. The van der Waals surface area contributed by atoms with Crippen molar-refractivity contribution in [3.8, 4) is 0 Å². The quantitative estimate of drug-likeness (QED) is 0.862. The Morgan fingerprint density at radius 2 is 2.24 bits per heavy atom. The van der Waals surface area contributed by atoms with Crippen LogP contribution in [0, 0.1) is 0 Å². The maximum Gasteiger partial charge on any atom is 0.0713 e. The van der Waals surface area contributed by atoms with Gasteiger partial charge >= 0.3 is 0 Å². The number of ether oxygens (including phenoxy) is 1. The molecule has 1 aromatic carbocycles. The molecule has 0 aromatic heterocycles. The number of nitrogens with zero attached hydrogens (tertiary/aromatic N) is 1. The number of piperidine rings is 1. The third-order valence-electron chi connectivity index (χ3n) is 3.25. The van der Waals surface area contributed by atoms with Crippen LogP contribution >= 0.6 is 0 Å². The molecule has 17 heavy (non-hydrogen) atoms. The third kappa shape index (κ3) is 3.80. The summed E-state index contributed by atoms with van der Waals surface area (Å²) in [6.45, 7) is 3.88. The number of nitrogens with two attached hydrogens (primary N) is 1. The maximum atomic E-state index is 5.99. The summed E-state index contributed by atoms with van der Waals surface area (Å²) in [5, 5.41) is 0. The fourth-order valence-corrected chi connectivity index (χ4v) is 2.48. The molecule has 1 aliphatic heterocycles. The highest BCUT2D eigenvalue weighted by atomic mass is 16.5. The van der Waals surface area contributed by atoms with Crippen LogP contribution in [-0.4, -0.2) is 31.1 Å². The molecule has 1 saturated heterocycles. The predicted octanol–water partition coefficient (Wildman–Crippen LogP) is 1.76. The topological polar surface area (TPSA) is 38.5 Å². The van der Waals surface area contributed by atoms with Gasteiger partial charge in [0.1, 0.15) is 0 Å². The van der Waals surface area contributed by atoms with Crippen LogP contribution in [0.2, 0.25) is 0 Å². The fourth-order valence-electron chi connectivity index (χ4n) is 2.48. The van der Waals surface area contributed by atoms with E-state index < -0.39 is 0 Å². The van der Waals surface area contributed by atoms with Crippen LogP contribution in [0.3, 0.4) is 0 Å². The summed E-state index contributed by atoms with van der Waals surface area (Å²) in [6.07, 6.45) is 2.39. The van der Waals surface area contributed by atoms with Gasteiger partial charge in [-0.15, -0.1) is 0 Å². The van der Waals surface area contributed by atoms with Crippen LogP contribution in [0.5, 0.6) is 0 Å². The van der Waals surface area contributed by atoms with Gasteiger partial charge in [0.2, 0.25) is 0 Å². The molecule has 1 unspecified atom stereocenters. The number of methoxy groups -OCH3 is 1. The molecule has 2 rings (SSSR count). The molecule has 3 nitrogen and oxygen atoms in total. The molecule has 2 N–H and O–H groups in total. The van der Waals surface area contributed by atoms with E-state index in [1.165, 1.54) is 30.5 Å². The predicted molar refractivity (Wildman–Crippen MR) is 69.6 cm³/mol. The summed E-state index contributed by atoms with van der Waals surface area (Å²) in [6, 6.07) is 8.97. The SMILES string of the molecule is COCc1cccc(CN2CCCC(N)C2)c1. The number of benzene rings is 1. The van der Waals surface area contributed by atoms with Gasteiger partial charge in [-0.25, -0.2) is 0 Å². The fraction of sp³-hybridized carbons (Fsp3) is 0.571. The molecule has 0 aliphatic carbocycles. The van der Waals surface area contributed by atoms with Crippen molar-refractivity contribution in [1.82, 2.24) is 4.90 Å². The third-order valence-corrected chi connectivity index (χ3v) is 3.25. The highest BCUT2D eigenvalue weighted by molar-refractivity contribution is 5.23. The van der Waals surface area contributed by atoms with Crippen molar-refractivity contribution in [2.24, 2.45) is 5.73 Å². The second-order valence-corrected chi connectivity index (χ2v) is 4.89. The first kappa shape index (κ1) is 12.6. The van der Waals surface area contributed by atoms with Gasteiger partial charge in [-0.05, 0) is 30.5 Å².